The van der Waals surface area contributed by atoms with Crippen LogP contribution in [-0.4, -0.2) is 85.1 Å². The molecule has 3 N–H and O–H groups in total. The predicted molar refractivity (Wildman–Crippen MR) is 115 cm³/mol. The normalized spacial score (nSPS) is 12.1. The van der Waals surface area contributed by atoms with Crippen molar-refractivity contribution < 1.29 is 13.2 Å². The molecule has 0 aromatic heterocycles. The molecular weight excluding hydrogens is 457 g/mol. The van der Waals surface area contributed by atoms with Crippen LogP contribution >= 0.6 is 24.0 Å². The molecule has 25 heavy (non-hydrogen) atoms. The van der Waals surface area contributed by atoms with E-state index in [1.807, 2.05) is 6.92 Å². The van der Waals surface area contributed by atoms with Gasteiger partial charge < -0.3 is 20.3 Å². The van der Waals surface area contributed by atoms with Gasteiger partial charge in [-0.3, -0.25) is 4.99 Å². The predicted octanol–water partition coefficient (Wildman–Crippen LogP) is 0.457. The number of nitrogens with zero attached hydrogens (tertiary/aromatic N) is 2. The average Bonchev–Trinajstić information content (AvgIpc) is 2.54. The molecule has 0 spiro atoms. The van der Waals surface area contributed by atoms with Crippen molar-refractivity contribution in [2.45, 2.75) is 26.7 Å². The molecule has 0 aromatic rings. The number of hydrogen-bond acceptors (Lipinski definition) is 5. The zero-order chi connectivity index (χ0) is 18.3. The van der Waals surface area contributed by atoms with Crippen molar-refractivity contribution in [2.75, 3.05) is 65.8 Å². The second kappa shape index (κ2) is 17.3. The third-order valence-electron chi connectivity index (χ3n) is 3.33. The molecule has 0 amide bonds. The molecule has 0 saturated carbocycles. The summed E-state index contributed by atoms with van der Waals surface area (Å²) < 4.78 is 30.2. The number of hydrogen-bond donors (Lipinski definition) is 3. The highest BCUT2D eigenvalue weighted by molar-refractivity contribution is 14.0. The van der Waals surface area contributed by atoms with Crippen LogP contribution in [0.1, 0.15) is 26.7 Å². The smallest absolute Gasteiger partial charge is 0.211 e. The Bertz CT molecular complexity index is 435. The highest BCUT2D eigenvalue weighted by Crippen LogP contribution is 1.88. The number of likely N-dealkylation sites (N-methyl/N-ethyl adjacent to an activating group) is 1. The lowest BCUT2D eigenvalue weighted by atomic mass is 10.4. The number of guanidine groups is 1. The highest BCUT2D eigenvalue weighted by atomic mass is 127. The van der Waals surface area contributed by atoms with Gasteiger partial charge in [0.1, 0.15) is 0 Å². The molecule has 0 rings (SSSR count). The molecule has 0 saturated heterocycles. The standard InChI is InChI=1S/C15H35N5O3S.HI/c1-5-16-15(17-9-7-10-19-24(21,22)6-2)18-11-13-20(3)12-8-14-23-4;/h19H,5-14H2,1-4H3,(H2,16,17,18);1H. The van der Waals surface area contributed by atoms with Crippen LogP contribution in [0.5, 0.6) is 0 Å². The first-order chi connectivity index (χ1) is 11.4. The molecule has 152 valence electrons. The quantitative estimate of drug-likeness (QED) is 0.141. The van der Waals surface area contributed by atoms with Crippen molar-refractivity contribution in [2.24, 2.45) is 4.99 Å². The van der Waals surface area contributed by atoms with Crippen LogP contribution in [0.4, 0.5) is 0 Å². The molecule has 0 aliphatic rings. The van der Waals surface area contributed by atoms with Gasteiger partial charge in [-0.15, -0.1) is 24.0 Å². The fourth-order valence-corrected chi connectivity index (χ4v) is 2.56. The number of ether oxygens (including phenoxy) is 1. The summed E-state index contributed by atoms with van der Waals surface area (Å²) in [5.41, 5.74) is 0. The van der Waals surface area contributed by atoms with E-state index in [2.05, 4.69) is 32.3 Å². The van der Waals surface area contributed by atoms with Crippen LogP contribution in [0.3, 0.4) is 0 Å². The van der Waals surface area contributed by atoms with Crippen molar-refractivity contribution in [3.8, 4) is 0 Å². The van der Waals surface area contributed by atoms with Crippen LogP contribution in [0, 0.1) is 0 Å². The molecule has 0 aliphatic carbocycles. The van der Waals surface area contributed by atoms with E-state index < -0.39 is 10.0 Å². The molecule has 0 radical (unpaired) electrons. The van der Waals surface area contributed by atoms with E-state index in [1.54, 1.807) is 14.0 Å². The van der Waals surface area contributed by atoms with E-state index in [4.69, 9.17) is 4.74 Å². The molecule has 0 atom stereocenters. The van der Waals surface area contributed by atoms with Gasteiger partial charge in [-0.05, 0) is 33.7 Å². The highest BCUT2D eigenvalue weighted by Gasteiger charge is 2.04. The third kappa shape index (κ3) is 17.0. The Morgan fingerprint density at radius 2 is 1.84 bits per heavy atom. The van der Waals surface area contributed by atoms with Crippen molar-refractivity contribution >= 4 is 40.0 Å². The van der Waals surface area contributed by atoms with Gasteiger partial charge in [-0.2, -0.15) is 0 Å². The van der Waals surface area contributed by atoms with Crippen molar-refractivity contribution in [1.29, 1.82) is 0 Å². The van der Waals surface area contributed by atoms with Crippen LogP contribution < -0.4 is 15.4 Å². The van der Waals surface area contributed by atoms with Gasteiger partial charge in [-0.1, -0.05) is 0 Å². The summed E-state index contributed by atoms with van der Waals surface area (Å²) in [6.45, 7) is 8.93. The van der Waals surface area contributed by atoms with Crippen LogP contribution in [0.15, 0.2) is 4.99 Å². The Hall–Kier alpha value is -0.170. The Kier molecular flexibility index (Phi) is 18.7. The first kappa shape index (κ1) is 27.1. The van der Waals surface area contributed by atoms with Gasteiger partial charge in [0.25, 0.3) is 0 Å². The SMILES string of the molecule is CCNC(=NCCCNS(=O)(=O)CC)NCCN(C)CCCOC.I. The zero-order valence-corrected chi connectivity index (χ0v) is 19.2. The van der Waals surface area contributed by atoms with Crippen LogP contribution in [0.25, 0.3) is 0 Å². The second-order valence-corrected chi connectivity index (χ2v) is 7.58. The summed E-state index contributed by atoms with van der Waals surface area (Å²) in [7, 11) is 0.693. The number of nitrogens with one attached hydrogen (secondary N) is 3. The van der Waals surface area contributed by atoms with E-state index in [0.717, 1.165) is 45.2 Å². The molecule has 8 nitrogen and oxygen atoms in total. The number of sulfonamides is 1. The first-order valence-corrected chi connectivity index (χ1v) is 10.3. The molecule has 0 bridgehead atoms. The van der Waals surface area contributed by atoms with E-state index in [0.29, 0.717) is 19.5 Å². The number of rotatable bonds is 14. The van der Waals surface area contributed by atoms with Crippen molar-refractivity contribution in [1.82, 2.24) is 20.3 Å². The Morgan fingerprint density at radius 3 is 2.44 bits per heavy atom. The molecule has 10 heteroatoms. The minimum atomic E-state index is -3.11. The molecule has 0 aromatic carbocycles. The largest absolute Gasteiger partial charge is 0.385 e. The zero-order valence-electron chi connectivity index (χ0n) is 16.0. The second-order valence-electron chi connectivity index (χ2n) is 5.49. The maximum atomic E-state index is 11.3. The minimum absolute atomic E-state index is 0. The lowest BCUT2D eigenvalue weighted by Gasteiger charge is -2.18. The minimum Gasteiger partial charge on any atom is -0.385 e. The summed E-state index contributed by atoms with van der Waals surface area (Å²) >= 11 is 0. The number of halogens is 1. The Labute approximate surface area is 170 Å². The monoisotopic (exact) mass is 493 g/mol. The van der Waals surface area contributed by atoms with E-state index in [-0.39, 0.29) is 29.7 Å². The van der Waals surface area contributed by atoms with Gasteiger partial charge in [-0.25, -0.2) is 13.1 Å². The fourth-order valence-electron chi connectivity index (χ4n) is 1.90. The fraction of sp³-hybridized carbons (Fsp3) is 0.933. The van der Waals surface area contributed by atoms with Crippen LogP contribution in [0.2, 0.25) is 0 Å². The molecule has 0 aliphatic heterocycles. The van der Waals surface area contributed by atoms with Gasteiger partial charge in [0.2, 0.25) is 10.0 Å². The Balaban J connectivity index is 0. The lowest BCUT2D eigenvalue weighted by molar-refractivity contribution is 0.180. The maximum absolute atomic E-state index is 11.3. The first-order valence-electron chi connectivity index (χ1n) is 8.62. The van der Waals surface area contributed by atoms with E-state index >= 15 is 0 Å². The van der Waals surface area contributed by atoms with Gasteiger partial charge in [0.05, 0.1) is 5.75 Å². The Morgan fingerprint density at radius 1 is 1.12 bits per heavy atom. The average molecular weight is 493 g/mol. The van der Waals surface area contributed by atoms with Crippen molar-refractivity contribution in [3.05, 3.63) is 0 Å². The molecule has 0 unspecified atom stereocenters. The molecular formula is C15H36IN5O3S. The van der Waals surface area contributed by atoms with Gasteiger partial charge >= 0.3 is 0 Å². The molecule has 0 heterocycles. The summed E-state index contributed by atoms with van der Waals surface area (Å²) in [6.07, 6.45) is 1.70. The number of aliphatic imine (C=N–C) groups is 1. The summed E-state index contributed by atoms with van der Waals surface area (Å²) in [5.74, 6) is 0.874. The summed E-state index contributed by atoms with van der Waals surface area (Å²) in [6, 6.07) is 0. The lowest BCUT2D eigenvalue weighted by Crippen LogP contribution is -2.41. The number of methoxy groups -OCH3 is 1. The maximum Gasteiger partial charge on any atom is 0.211 e. The van der Waals surface area contributed by atoms with Crippen molar-refractivity contribution in [3.63, 3.8) is 0 Å². The molecule has 0 fully saturated rings. The third-order valence-corrected chi connectivity index (χ3v) is 4.73. The van der Waals surface area contributed by atoms with Crippen LogP contribution in [-0.2, 0) is 14.8 Å². The van der Waals surface area contributed by atoms with Gasteiger partial charge in [0, 0.05) is 53.0 Å². The topological polar surface area (TPSA) is 95.1 Å². The van der Waals surface area contributed by atoms with E-state index in [1.165, 1.54) is 0 Å². The van der Waals surface area contributed by atoms with Gasteiger partial charge in [0.15, 0.2) is 5.96 Å². The summed E-state index contributed by atoms with van der Waals surface area (Å²) in [4.78, 5) is 6.70. The summed E-state index contributed by atoms with van der Waals surface area (Å²) in [5, 5.41) is 6.48. The van der Waals surface area contributed by atoms with E-state index in [9.17, 15) is 8.42 Å².